The molecule has 2 atom stereocenters. The van der Waals surface area contributed by atoms with Crippen molar-refractivity contribution in [3.63, 3.8) is 0 Å². The van der Waals surface area contributed by atoms with Crippen LogP contribution in [0.3, 0.4) is 0 Å². The molecule has 4 rings (SSSR count). The van der Waals surface area contributed by atoms with Gasteiger partial charge in [0.1, 0.15) is 17.8 Å². The molecule has 2 saturated heterocycles. The van der Waals surface area contributed by atoms with E-state index in [0.717, 1.165) is 11.1 Å². The van der Waals surface area contributed by atoms with Crippen LogP contribution in [0.5, 0.6) is 5.75 Å². The fraction of sp³-hybridized carbons (Fsp3) is 0.333. The lowest BCUT2D eigenvalue weighted by atomic mass is 9.98. The summed E-state index contributed by atoms with van der Waals surface area (Å²) in [5.74, 6) is 0.0258. The number of piperazine rings is 2. The van der Waals surface area contributed by atoms with Gasteiger partial charge in [0.15, 0.2) is 0 Å². The predicted octanol–water partition coefficient (Wildman–Crippen LogP) is 1.80. The minimum absolute atomic E-state index is 0.0416. The van der Waals surface area contributed by atoms with Crippen LogP contribution in [-0.4, -0.2) is 58.4 Å². The van der Waals surface area contributed by atoms with Crippen molar-refractivity contribution in [3.05, 3.63) is 64.7 Å². The zero-order valence-corrected chi connectivity index (χ0v) is 16.1. The second kappa shape index (κ2) is 7.81. The average molecular weight is 400 g/mol. The number of nitrogens with zero attached hydrogens (tertiary/aromatic N) is 2. The molecular formula is C21H22ClN3O3. The number of benzene rings is 2. The molecule has 2 N–H and O–H groups in total. The first-order valence-electron chi connectivity index (χ1n) is 9.35. The third-order valence-electron chi connectivity index (χ3n) is 5.34. The molecule has 7 heteroatoms. The van der Waals surface area contributed by atoms with Crippen molar-refractivity contribution in [1.29, 1.82) is 0 Å². The molecule has 0 aliphatic carbocycles. The van der Waals surface area contributed by atoms with Crippen molar-refractivity contribution in [3.8, 4) is 5.75 Å². The molecule has 2 heterocycles. The molecule has 2 fully saturated rings. The molecule has 2 aromatic carbocycles. The molecule has 2 aliphatic rings. The van der Waals surface area contributed by atoms with Gasteiger partial charge >= 0.3 is 0 Å². The number of rotatable bonds is 4. The fourth-order valence-corrected chi connectivity index (χ4v) is 4.11. The molecule has 0 bridgehead atoms. The summed E-state index contributed by atoms with van der Waals surface area (Å²) >= 11 is 6.06. The van der Waals surface area contributed by atoms with Gasteiger partial charge in [0.25, 0.3) is 0 Å². The van der Waals surface area contributed by atoms with Crippen LogP contribution in [0.1, 0.15) is 11.1 Å². The van der Waals surface area contributed by atoms with Gasteiger partial charge in [-0.1, -0.05) is 35.9 Å². The van der Waals surface area contributed by atoms with Gasteiger partial charge in [0.05, 0.1) is 0 Å². The molecule has 0 unspecified atom stereocenters. The summed E-state index contributed by atoms with van der Waals surface area (Å²) < 4.78 is 0. The average Bonchev–Trinajstić information content (AvgIpc) is 2.68. The summed E-state index contributed by atoms with van der Waals surface area (Å²) in [5.41, 5.74) is 1.99. The number of phenols is 1. The SMILES string of the molecule is O=C1N[C@@H](Cc2ccc(O)cc2)C(=O)N2CCN(Cc3cccc(Cl)c3)C[C@H]12. The van der Waals surface area contributed by atoms with Crippen molar-refractivity contribution < 1.29 is 14.7 Å². The predicted molar refractivity (Wildman–Crippen MR) is 106 cm³/mol. The Hall–Kier alpha value is -2.57. The topological polar surface area (TPSA) is 72.9 Å². The molecule has 0 saturated carbocycles. The van der Waals surface area contributed by atoms with Crippen molar-refractivity contribution >= 4 is 23.4 Å². The van der Waals surface area contributed by atoms with E-state index >= 15 is 0 Å². The van der Waals surface area contributed by atoms with Crippen LogP contribution < -0.4 is 5.32 Å². The molecule has 0 spiro atoms. The Balaban J connectivity index is 1.41. The fourth-order valence-electron chi connectivity index (χ4n) is 3.90. The van der Waals surface area contributed by atoms with Crippen LogP contribution in [0.2, 0.25) is 5.02 Å². The van der Waals surface area contributed by atoms with Crippen LogP contribution in [0.25, 0.3) is 0 Å². The molecule has 0 aromatic heterocycles. The van der Waals surface area contributed by atoms with E-state index in [9.17, 15) is 14.7 Å². The molecule has 28 heavy (non-hydrogen) atoms. The number of hydrogen-bond donors (Lipinski definition) is 2. The maximum Gasteiger partial charge on any atom is 0.246 e. The maximum atomic E-state index is 12.9. The number of halogens is 1. The van der Waals surface area contributed by atoms with Gasteiger partial charge < -0.3 is 15.3 Å². The molecule has 6 nitrogen and oxygen atoms in total. The largest absolute Gasteiger partial charge is 0.508 e. The quantitative estimate of drug-likeness (QED) is 0.822. The maximum absolute atomic E-state index is 12.9. The Morgan fingerprint density at radius 2 is 1.86 bits per heavy atom. The Morgan fingerprint density at radius 1 is 1.07 bits per heavy atom. The van der Waals surface area contributed by atoms with E-state index in [1.165, 1.54) is 0 Å². The van der Waals surface area contributed by atoms with Crippen LogP contribution in [0.15, 0.2) is 48.5 Å². The van der Waals surface area contributed by atoms with Crippen molar-refractivity contribution in [1.82, 2.24) is 15.1 Å². The Morgan fingerprint density at radius 3 is 2.61 bits per heavy atom. The number of carbonyl (C=O) groups is 2. The first-order chi connectivity index (χ1) is 13.5. The van der Waals surface area contributed by atoms with Gasteiger partial charge in [-0.3, -0.25) is 14.5 Å². The number of phenolic OH excluding ortho intramolecular Hbond substituents is 1. The molecule has 0 radical (unpaired) electrons. The summed E-state index contributed by atoms with van der Waals surface area (Å²) in [4.78, 5) is 29.5. The Kier molecular flexibility index (Phi) is 5.24. The highest BCUT2D eigenvalue weighted by molar-refractivity contribution is 6.30. The number of nitrogens with one attached hydrogen (secondary N) is 1. The summed E-state index contributed by atoms with van der Waals surface area (Å²) in [6.45, 7) is 2.46. The third-order valence-corrected chi connectivity index (χ3v) is 5.57. The zero-order chi connectivity index (χ0) is 19.7. The molecule has 2 aliphatic heterocycles. The zero-order valence-electron chi connectivity index (χ0n) is 15.3. The standard InChI is InChI=1S/C21H22ClN3O3/c22-16-3-1-2-15(10-16)12-24-8-9-25-19(13-24)20(27)23-18(21(25)28)11-14-4-6-17(26)7-5-14/h1-7,10,18-19,26H,8-9,11-13H2,(H,23,27)/t18-,19+/m0/s1. The van der Waals surface area contributed by atoms with E-state index in [2.05, 4.69) is 10.2 Å². The van der Waals surface area contributed by atoms with Gasteiger partial charge in [-0.25, -0.2) is 0 Å². The monoisotopic (exact) mass is 399 g/mol. The third kappa shape index (κ3) is 3.98. The lowest BCUT2D eigenvalue weighted by Gasteiger charge is -2.45. The Labute approximate surface area is 168 Å². The molecule has 2 aromatic rings. The van der Waals surface area contributed by atoms with Crippen LogP contribution in [0.4, 0.5) is 0 Å². The van der Waals surface area contributed by atoms with E-state index in [4.69, 9.17) is 11.6 Å². The number of amides is 2. The van der Waals surface area contributed by atoms with E-state index in [0.29, 0.717) is 37.6 Å². The summed E-state index contributed by atoms with van der Waals surface area (Å²) in [6, 6.07) is 13.4. The van der Waals surface area contributed by atoms with Gasteiger partial charge in [-0.15, -0.1) is 0 Å². The molecule has 146 valence electrons. The van der Waals surface area contributed by atoms with Gasteiger partial charge in [0.2, 0.25) is 11.8 Å². The normalized spacial score (nSPS) is 22.7. The van der Waals surface area contributed by atoms with Crippen LogP contribution in [0, 0.1) is 0 Å². The van der Waals surface area contributed by atoms with E-state index in [1.54, 1.807) is 29.2 Å². The lowest BCUT2D eigenvalue weighted by Crippen LogP contribution is -2.69. The van der Waals surface area contributed by atoms with Gasteiger partial charge in [-0.05, 0) is 35.4 Å². The van der Waals surface area contributed by atoms with E-state index in [1.807, 2.05) is 24.3 Å². The molecular weight excluding hydrogens is 378 g/mol. The number of aromatic hydroxyl groups is 1. The molecule has 2 amide bonds. The summed E-state index contributed by atoms with van der Waals surface area (Å²) in [7, 11) is 0. The van der Waals surface area contributed by atoms with Crippen molar-refractivity contribution in [2.75, 3.05) is 19.6 Å². The second-order valence-electron chi connectivity index (χ2n) is 7.34. The minimum atomic E-state index is -0.562. The van der Waals surface area contributed by atoms with Gasteiger partial charge in [-0.2, -0.15) is 0 Å². The van der Waals surface area contributed by atoms with E-state index < -0.39 is 12.1 Å². The summed E-state index contributed by atoms with van der Waals surface area (Å²) in [5, 5.41) is 13.0. The first kappa shape index (κ1) is 18.8. The highest BCUT2D eigenvalue weighted by atomic mass is 35.5. The second-order valence-corrected chi connectivity index (χ2v) is 7.78. The number of hydrogen-bond acceptors (Lipinski definition) is 4. The highest BCUT2D eigenvalue weighted by Crippen LogP contribution is 2.21. The van der Waals surface area contributed by atoms with E-state index in [-0.39, 0.29) is 17.6 Å². The van der Waals surface area contributed by atoms with Crippen LogP contribution >= 0.6 is 11.6 Å². The smallest absolute Gasteiger partial charge is 0.246 e. The lowest BCUT2D eigenvalue weighted by molar-refractivity contribution is -0.153. The first-order valence-corrected chi connectivity index (χ1v) is 9.73. The Bertz CT molecular complexity index is 887. The van der Waals surface area contributed by atoms with Crippen LogP contribution in [-0.2, 0) is 22.6 Å². The van der Waals surface area contributed by atoms with Crippen molar-refractivity contribution in [2.45, 2.75) is 25.0 Å². The summed E-state index contributed by atoms with van der Waals surface area (Å²) in [6.07, 6.45) is 0.417. The minimum Gasteiger partial charge on any atom is -0.508 e. The van der Waals surface area contributed by atoms with Gasteiger partial charge in [0, 0.05) is 37.6 Å². The van der Waals surface area contributed by atoms with Crippen molar-refractivity contribution in [2.24, 2.45) is 0 Å². The number of carbonyl (C=O) groups excluding carboxylic acids is 2. The number of fused-ring (bicyclic) bond motifs is 1. The highest BCUT2D eigenvalue weighted by Gasteiger charge is 2.43.